The molecule has 0 bridgehead atoms. The van der Waals surface area contributed by atoms with Crippen LogP contribution in [0.25, 0.3) is 28.0 Å². The monoisotopic (exact) mass is 476 g/mol. The third-order valence-corrected chi connectivity index (χ3v) is 6.97. The van der Waals surface area contributed by atoms with Crippen LogP contribution in [-0.2, 0) is 10.0 Å². The molecular weight excluding hydrogens is 457 g/mol. The van der Waals surface area contributed by atoms with E-state index in [1.165, 1.54) is 24.3 Å². The molecule has 3 aromatic rings. The summed E-state index contributed by atoms with van der Waals surface area (Å²) in [6.45, 7) is 1.48. The van der Waals surface area contributed by atoms with Gasteiger partial charge in [-0.15, -0.1) is 0 Å². The Labute approximate surface area is 187 Å². The van der Waals surface area contributed by atoms with Crippen LogP contribution in [0.1, 0.15) is 24.2 Å². The Morgan fingerprint density at radius 2 is 1.76 bits per heavy atom. The first-order chi connectivity index (χ1) is 15.3. The molecule has 2 heterocycles. The molecule has 2 aromatic heterocycles. The SMILES string of the molecule is CC(C)(NS(=O)(=O)c1ccc(-c2c(C(N)=O)c3cccnc3n2C2=CC=C2)cc1)C(F)(F)F. The molecule has 4 rings (SSSR count). The van der Waals surface area contributed by atoms with Gasteiger partial charge in [-0.1, -0.05) is 18.2 Å². The minimum absolute atomic E-state index is 0.200. The van der Waals surface area contributed by atoms with Crippen LogP contribution in [0.2, 0.25) is 0 Å². The first-order valence-corrected chi connectivity index (χ1v) is 11.2. The van der Waals surface area contributed by atoms with E-state index in [1.54, 1.807) is 27.6 Å². The highest BCUT2D eigenvalue weighted by molar-refractivity contribution is 7.89. The number of nitrogens with zero attached hydrogens (tertiary/aromatic N) is 2. The molecule has 7 nitrogen and oxygen atoms in total. The number of carbonyl (C=O) groups is 1. The molecule has 1 aliphatic carbocycles. The van der Waals surface area contributed by atoms with E-state index in [-0.39, 0.29) is 10.5 Å². The average molecular weight is 476 g/mol. The third kappa shape index (κ3) is 3.83. The van der Waals surface area contributed by atoms with Gasteiger partial charge in [0.25, 0.3) is 5.91 Å². The second kappa shape index (κ2) is 7.56. The van der Waals surface area contributed by atoms with Gasteiger partial charge >= 0.3 is 6.18 Å². The minimum Gasteiger partial charge on any atom is -0.366 e. The number of pyridine rings is 1. The lowest BCUT2D eigenvalue weighted by Crippen LogP contribution is -2.54. The van der Waals surface area contributed by atoms with Crippen molar-refractivity contribution < 1.29 is 26.4 Å². The number of rotatable bonds is 6. The predicted molar refractivity (Wildman–Crippen MR) is 118 cm³/mol. The summed E-state index contributed by atoms with van der Waals surface area (Å²) in [5, 5.41) is 0.520. The van der Waals surface area contributed by atoms with Gasteiger partial charge < -0.3 is 5.73 Å². The van der Waals surface area contributed by atoms with Gasteiger partial charge in [-0.2, -0.15) is 17.9 Å². The number of hydrogen-bond acceptors (Lipinski definition) is 4. The van der Waals surface area contributed by atoms with E-state index in [2.05, 4.69) is 4.98 Å². The van der Waals surface area contributed by atoms with Gasteiger partial charge in [0.2, 0.25) is 10.0 Å². The summed E-state index contributed by atoms with van der Waals surface area (Å²) in [7, 11) is -4.47. The number of fused-ring (bicyclic) bond motifs is 1. The molecule has 3 N–H and O–H groups in total. The number of nitrogens with two attached hydrogens (primary N) is 1. The largest absolute Gasteiger partial charge is 0.407 e. The quantitative estimate of drug-likeness (QED) is 0.564. The van der Waals surface area contributed by atoms with E-state index < -0.39 is 27.6 Å². The van der Waals surface area contributed by atoms with E-state index >= 15 is 0 Å². The van der Waals surface area contributed by atoms with E-state index in [1.807, 2.05) is 18.2 Å². The summed E-state index contributed by atoms with van der Waals surface area (Å²) in [6.07, 6.45) is 2.21. The normalized spacial score (nSPS) is 14.3. The van der Waals surface area contributed by atoms with Gasteiger partial charge in [-0.25, -0.2) is 13.4 Å². The van der Waals surface area contributed by atoms with Gasteiger partial charge in [-0.3, -0.25) is 9.36 Å². The highest BCUT2D eigenvalue weighted by atomic mass is 32.2. The number of alkyl halides is 3. The molecule has 0 unspecified atom stereocenters. The number of benzene rings is 1. The molecule has 1 amide bonds. The molecule has 0 atom stereocenters. The molecule has 0 spiro atoms. The number of amides is 1. The number of primary amides is 1. The van der Waals surface area contributed by atoms with Gasteiger partial charge in [0, 0.05) is 17.3 Å². The average Bonchev–Trinajstić information content (AvgIpc) is 3.00. The summed E-state index contributed by atoms with van der Waals surface area (Å²) in [5.41, 5.74) is 5.28. The smallest absolute Gasteiger partial charge is 0.366 e. The molecule has 1 aliphatic rings. The first kappa shape index (κ1) is 22.7. The summed E-state index contributed by atoms with van der Waals surface area (Å²) >= 11 is 0. The maximum Gasteiger partial charge on any atom is 0.407 e. The second-order valence-corrected chi connectivity index (χ2v) is 9.68. The Hall–Kier alpha value is -3.44. The first-order valence-electron chi connectivity index (χ1n) is 9.72. The van der Waals surface area contributed by atoms with Crippen LogP contribution in [0.4, 0.5) is 13.2 Å². The predicted octanol–water partition coefficient (Wildman–Crippen LogP) is 3.83. The van der Waals surface area contributed by atoms with Crippen molar-refractivity contribution in [1.29, 1.82) is 0 Å². The number of allylic oxidation sites excluding steroid dienone is 4. The third-order valence-electron chi connectivity index (χ3n) is 5.30. The van der Waals surface area contributed by atoms with Crippen molar-refractivity contribution in [2.24, 2.45) is 5.73 Å². The van der Waals surface area contributed by atoms with Gasteiger partial charge in [0.15, 0.2) is 0 Å². The van der Waals surface area contributed by atoms with Crippen molar-refractivity contribution in [1.82, 2.24) is 14.3 Å². The molecule has 172 valence electrons. The lowest BCUT2D eigenvalue weighted by molar-refractivity contribution is -0.180. The van der Waals surface area contributed by atoms with Crippen molar-refractivity contribution >= 4 is 32.7 Å². The Morgan fingerprint density at radius 1 is 1.12 bits per heavy atom. The number of hydrogen-bond donors (Lipinski definition) is 2. The Morgan fingerprint density at radius 3 is 2.27 bits per heavy atom. The highest BCUT2D eigenvalue weighted by Gasteiger charge is 2.49. The summed E-state index contributed by atoms with van der Waals surface area (Å²) in [6, 6.07) is 8.54. The van der Waals surface area contributed by atoms with Crippen molar-refractivity contribution in [3.63, 3.8) is 0 Å². The molecule has 0 saturated carbocycles. The zero-order valence-electron chi connectivity index (χ0n) is 17.5. The summed E-state index contributed by atoms with van der Waals surface area (Å²) < 4.78 is 68.0. The van der Waals surface area contributed by atoms with Crippen LogP contribution in [0.5, 0.6) is 0 Å². The Kier molecular flexibility index (Phi) is 5.21. The Balaban J connectivity index is 1.83. The fraction of sp³-hybridized carbons (Fsp3) is 0.182. The summed E-state index contributed by atoms with van der Waals surface area (Å²) in [4.78, 5) is 16.4. The molecule has 0 radical (unpaired) electrons. The van der Waals surface area contributed by atoms with E-state index in [9.17, 15) is 26.4 Å². The molecule has 0 aliphatic heterocycles. The molecule has 11 heteroatoms. The standard InChI is InChI=1S/C22H19F3N4O3S/c1-21(2,22(23,24)25)28-33(31,32)15-10-8-13(9-11-15)18-17(19(26)30)16-7-4-12-27-20(16)29(18)14-5-3-6-14/h3-12,28H,1-2H3,(H2,26,30). The van der Waals surface area contributed by atoms with E-state index in [0.717, 1.165) is 19.5 Å². The second-order valence-electron chi connectivity index (χ2n) is 8.00. The summed E-state index contributed by atoms with van der Waals surface area (Å²) in [5.74, 6) is -0.698. The van der Waals surface area contributed by atoms with Crippen LogP contribution < -0.4 is 10.5 Å². The lowest BCUT2D eigenvalue weighted by atomic mass is 10.0. The van der Waals surface area contributed by atoms with Gasteiger partial charge in [-0.05, 0) is 55.8 Å². The number of halogens is 3. The highest BCUT2D eigenvalue weighted by Crippen LogP contribution is 2.37. The minimum atomic E-state index is -4.78. The van der Waals surface area contributed by atoms with E-state index in [0.29, 0.717) is 22.3 Å². The Bertz CT molecular complexity index is 1430. The molecule has 33 heavy (non-hydrogen) atoms. The van der Waals surface area contributed by atoms with Crippen LogP contribution in [-0.4, -0.2) is 35.6 Å². The molecule has 1 aromatic carbocycles. The van der Waals surface area contributed by atoms with Crippen molar-refractivity contribution in [3.8, 4) is 11.3 Å². The van der Waals surface area contributed by atoms with E-state index in [4.69, 9.17) is 5.73 Å². The zero-order valence-corrected chi connectivity index (χ0v) is 18.3. The van der Waals surface area contributed by atoms with Crippen molar-refractivity contribution in [3.05, 3.63) is 66.4 Å². The van der Waals surface area contributed by atoms with Gasteiger partial charge in [0.05, 0.1) is 16.2 Å². The number of sulfonamides is 1. The molecular formula is C22H19F3N4O3S. The maximum absolute atomic E-state index is 13.2. The lowest BCUT2D eigenvalue weighted by Gasteiger charge is -2.28. The topological polar surface area (TPSA) is 107 Å². The van der Waals surface area contributed by atoms with Gasteiger partial charge in [0.1, 0.15) is 11.2 Å². The number of nitrogens with one attached hydrogen (secondary N) is 1. The van der Waals surface area contributed by atoms with Crippen LogP contribution in [0, 0.1) is 0 Å². The van der Waals surface area contributed by atoms with Crippen molar-refractivity contribution in [2.75, 3.05) is 0 Å². The molecule has 0 fully saturated rings. The number of carbonyl (C=O) groups excluding carboxylic acids is 1. The van der Waals surface area contributed by atoms with Crippen LogP contribution in [0.15, 0.2) is 65.7 Å². The van der Waals surface area contributed by atoms with Crippen LogP contribution >= 0.6 is 0 Å². The fourth-order valence-corrected chi connectivity index (χ4v) is 4.87. The zero-order chi connectivity index (χ0) is 24.2. The molecule has 0 saturated heterocycles. The maximum atomic E-state index is 13.2. The van der Waals surface area contributed by atoms with Crippen LogP contribution in [0.3, 0.4) is 0 Å². The number of aromatic nitrogens is 2. The van der Waals surface area contributed by atoms with Crippen molar-refractivity contribution in [2.45, 2.75) is 30.5 Å². The fourth-order valence-electron chi connectivity index (χ4n) is 3.47.